The van der Waals surface area contributed by atoms with Crippen LogP contribution in [0.15, 0.2) is 30.3 Å². The number of esters is 1. The Morgan fingerprint density at radius 2 is 1.88 bits per heavy atom. The molecule has 1 heterocycles. The maximum atomic E-state index is 12.8. The molecule has 3 unspecified atom stereocenters. The first-order chi connectivity index (χ1) is 11.6. The van der Waals surface area contributed by atoms with Gasteiger partial charge in [0.15, 0.2) is 0 Å². The average molecular weight is 367 g/mol. The Labute approximate surface area is 155 Å². The van der Waals surface area contributed by atoms with E-state index in [1.54, 1.807) is 6.92 Å². The van der Waals surface area contributed by atoms with E-state index in [2.05, 4.69) is 10.6 Å². The normalized spacial score (nSPS) is 23.0. The second-order valence-corrected chi connectivity index (χ2v) is 7.08. The molecule has 1 saturated heterocycles. The Bertz CT molecular complexity index is 602. The minimum absolute atomic E-state index is 0. The van der Waals surface area contributed by atoms with Crippen molar-refractivity contribution in [1.29, 1.82) is 0 Å². The summed E-state index contributed by atoms with van der Waals surface area (Å²) >= 11 is 0. The zero-order valence-electron chi connectivity index (χ0n) is 14.8. The molecule has 2 N–H and O–H groups in total. The van der Waals surface area contributed by atoms with Gasteiger partial charge in [0.25, 0.3) is 0 Å². The summed E-state index contributed by atoms with van der Waals surface area (Å²) in [6, 6.07) is 9.30. The maximum absolute atomic E-state index is 12.8. The van der Waals surface area contributed by atoms with E-state index >= 15 is 0 Å². The fourth-order valence-corrected chi connectivity index (χ4v) is 3.93. The Morgan fingerprint density at radius 3 is 2.48 bits per heavy atom. The van der Waals surface area contributed by atoms with Gasteiger partial charge in [-0.25, -0.2) is 0 Å². The summed E-state index contributed by atoms with van der Waals surface area (Å²) in [6.07, 6.45) is 3.09. The molecule has 0 radical (unpaired) electrons. The summed E-state index contributed by atoms with van der Waals surface area (Å²) < 4.78 is 4.88. The predicted octanol–water partition coefficient (Wildman–Crippen LogP) is 2.46. The van der Waals surface area contributed by atoms with Gasteiger partial charge in [-0.05, 0) is 50.3 Å². The molecule has 1 saturated carbocycles. The van der Waals surface area contributed by atoms with Crippen molar-refractivity contribution in [1.82, 2.24) is 10.6 Å². The van der Waals surface area contributed by atoms with Gasteiger partial charge >= 0.3 is 5.97 Å². The Hall–Kier alpha value is -1.59. The summed E-state index contributed by atoms with van der Waals surface area (Å²) in [6.45, 7) is 3.78. The van der Waals surface area contributed by atoms with Crippen molar-refractivity contribution in [3.63, 3.8) is 0 Å². The lowest BCUT2D eigenvalue weighted by Crippen LogP contribution is -2.39. The number of halogens is 1. The number of rotatable bonds is 5. The molecule has 1 aromatic carbocycles. The number of hydrogen-bond acceptors (Lipinski definition) is 4. The van der Waals surface area contributed by atoms with Crippen molar-refractivity contribution < 1.29 is 14.3 Å². The van der Waals surface area contributed by atoms with Crippen LogP contribution in [-0.2, 0) is 14.3 Å². The van der Waals surface area contributed by atoms with Gasteiger partial charge in [-0.15, -0.1) is 12.4 Å². The molecule has 2 fully saturated rings. The fourth-order valence-electron chi connectivity index (χ4n) is 3.93. The molecule has 3 rings (SSSR count). The zero-order chi connectivity index (χ0) is 17.2. The zero-order valence-corrected chi connectivity index (χ0v) is 15.6. The fraction of sp³-hybridized carbons (Fsp3) is 0.579. The van der Waals surface area contributed by atoms with Crippen LogP contribution in [0.4, 0.5) is 0 Å². The van der Waals surface area contributed by atoms with E-state index in [1.807, 2.05) is 30.3 Å². The average Bonchev–Trinajstić information content (AvgIpc) is 3.32. The lowest BCUT2D eigenvalue weighted by atomic mass is 9.90. The number of carbonyl (C=O) groups excluding carboxylic acids is 2. The third-order valence-corrected chi connectivity index (χ3v) is 5.63. The van der Waals surface area contributed by atoms with E-state index < -0.39 is 5.92 Å². The first-order valence-corrected chi connectivity index (χ1v) is 8.71. The van der Waals surface area contributed by atoms with Crippen LogP contribution >= 0.6 is 12.4 Å². The van der Waals surface area contributed by atoms with Crippen LogP contribution in [0.2, 0.25) is 0 Å². The number of ether oxygens (including phenoxy) is 1. The standard InChI is InChI=1S/C19H26N2O3.ClH/c1-13(18(23)24-2)16(14-6-4-3-5-7-14)21-17(22)15-12-19(15)8-10-20-11-9-19;/h3-7,13,15-16,20H,8-12H2,1-2H3,(H,21,22);1H. The number of amides is 1. The second-order valence-electron chi connectivity index (χ2n) is 7.08. The topological polar surface area (TPSA) is 67.4 Å². The summed E-state index contributed by atoms with van der Waals surface area (Å²) in [5.74, 6) is -0.585. The van der Waals surface area contributed by atoms with Crippen molar-refractivity contribution in [2.45, 2.75) is 32.2 Å². The first-order valence-electron chi connectivity index (χ1n) is 8.71. The molecule has 1 aliphatic heterocycles. The number of hydrogen-bond donors (Lipinski definition) is 2. The van der Waals surface area contributed by atoms with Gasteiger partial charge in [-0.2, -0.15) is 0 Å². The monoisotopic (exact) mass is 366 g/mol. The van der Waals surface area contributed by atoms with Crippen molar-refractivity contribution in [3.8, 4) is 0 Å². The molecule has 1 aromatic rings. The van der Waals surface area contributed by atoms with Crippen molar-refractivity contribution >= 4 is 24.3 Å². The van der Waals surface area contributed by atoms with E-state index in [0.717, 1.165) is 37.9 Å². The lowest BCUT2D eigenvalue weighted by Gasteiger charge is -2.26. The summed E-state index contributed by atoms with van der Waals surface area (Å²) in [7, 11) is 1.38. The number of benzene rings is 1. The van der Waals surface area contributed by atoms with E-state index in [9.17, 15) is 9.59 Å². The number of methoxy groups -OCH3 is 1. The van der Waals surface area contributed by atoms with Crippen LogP contribution < -0.4 is 10.6 Å². The quantitative estimate of drug-likeness (QED) is 0.785. The van der Waals surface area contributed by atoms with Crippen molar-refractivity contribution in [3.05, 3.63) is 35.9 Å². The molecule has 1 aliphatic carbocycles. The van der Waals surface area contributed by atoms with E-state index in [-0.39, 0.29) is 41.7 Å². The van der Waals surface area contributed by atoms with Crippen LogP contribution in [0.25, 0.3) is 0 Å². The van der Waals surface area contributed by atoms with Gasteiger partial charge in [0, 0.05) is 5.92 Å². The molecule has 3 atom stereocenters. The lowest BCUT2D eigenvalue weighted by molar-refractivity contribution is -0.146. The van der Waals surface area contributed by atoms with Gasteiger partial charge in [-0.3, -0.25) is 9.59 Å². The molecular weight excluding hydrogens is 340 g/mol. The van der Waals surface area contributed by atoms with Crippen molar-refractivity contribution in [2.75, 3.05) is 20.2 Å². The van der Waals surface area contributed by atoms with Crippen LogP contribution in [0.5, 0.6) is 0 Å². The SMILES string of the molecule is COC(=O)C(C)C(NC(=O)C1CC12CCNCC2)c1ccccc1.Cl. The molecule has 2 aliphatic rings. The molecular formula is C19H27ClN2O3. The largest absolute Gasteiger partial charge is 0.469 e. The molecule has 1 spiro atoms. The minimum atomic E-state index is -0.427. The Morgan fingerprint density at radius 1 is 1.24 bits per heavy atom. The molecule has 5 nitrogen and oxygen atoms in total. The molecule has 0 aromatic heterocycles. The van der Waals surface area contributed by atoms with Gasteiger partial charge in [0.1, 0.15) is 0 Å². The van der Waals surface area contributed by atoms with Crippen LogP contribution in [0.3, 0.4) is 0 Å². The van der Waals surface area contributed by atoms with Gasteiger partial charge in [0.2, 0.25) is 5.91 Å². The Kier molecular flexibility index (Phi) is 6.47. The summed E-state index contributed by atoms with van der Waals surface area (Å²) in [4.78, 5) is 24.8. The van der Waals surface area contributed by atoms with E-state index in [4.69, 9.17) is 4.74 Å². The highest BCUT2D eigenvalue weighted by Crippen LogP contribution is 2.58. The summed E-state index contributed by atoms with van der Waals surface area (Å²) in [5, 5.41) is 6.48. The van der Waals surface area contributed by atoms with Crippen LogP contribution in [-0.4, -0.2) is 32.1 Å². The Balaban J connectivity index is 0.00000225. The molecule has 0 bridgehead atoms. The van der Waals surface area contributed by atoms with E-state index in [1.165, 1.54) is 7.11 Å². The third-order valence-electron chi connectivity index (χ3n) is 5.63. The highest BCUT2D eigenvalue weighted by Gasteiger charge is 2.57. The van der Waals surface area contributed by atoms with Crippen LogP contribution in [0.1, 0.15) is 37.8 Å². The third kappa shape index (κ3) is 4.15. The molecule has 138 valence electrons. The minimum Gasteiger partial charge on any atom is -0.469 e. The first kappa shape index (κ1) is 19.7. The van der Waals surface area contributed by atoms with Crippen LogP contribution in [0, 0.1) is 17.3 Å². The van der Waals surface area contributed by atoms with Gasteiger partial charge in [-0.1, -0.05) is 30.3 Å². The second kappa shape index (κ2) is 8.19. The van der Waals surface area contributed by atoms with Gasteiger partial charge in [0.05, 0.1) is 19.1 Å². The predicted molar refractivity (Wildman–Crippen MR) is 98.4 cm³/mol. The molecule has 6 heteroatoms. The maximum Gasteiger partial charge on any atom is 0.310 e. The number of carbonyl (C=O) groups is 2. The highest BCUT2D eigenvalue weighted by atomic mass is 35.5. The smallest absolute Gasteiger partial charge is 0.310 e. The molecule has 25 heavy (non-hydrogen) atoms. The summed E-state index contributed by atoms with van der Waals surface area (Å²) in [5.41, 5.74) is 1.12. The number of nitrogens with one attached hydrogen (secondary N) is 2. The van der Waals surface area contributed by atoms with Crippen molar-refractivity contribution in [2.24, 2.45) is 17.3 Å². The van der Waals surface area contributed by atoms with Gasteiger partial charge < -0.3 is 15.4 Å². The van der Waals surface area contributed by atoms with E-state index in [0.29, 0.717) is 0 Å². The molecule has 1 amide bonds. The number of piperidine rings is 1. The highest BCUT2D eigenvalue weighted by molar-refractivity contribution is 5.85.